The van der Waals surface area contributed by atoms with Gasteiger partial charge in [0.1, 0.15) is 18.0 Å². The molecule has 0 bridgehead atoms. The van der Waals surface area contributed by atoms with Gasteiger partial charge < -0.3 is 11.1 Å². The SMILES string of the molecule is Cc1nc(Cl)ccc1NC(=O)Cn1cnc(N)n1. The van der Waals surface area contributed by atoms with Crippen LogP contribution in [0.1, 0.15) is 5.69 Å². The van der Waals surface area contributed by atoms with Crippen LogP contribution in [0.2, 0.25) is 5.15 Å². The first-order valence-electron chi connectivity index (χ1n) is 5.12. The summed E-state index contributed by atoms with van der Waals surface area (Å²) in [6, 6.07) is 3.30. The first kappa shape index (κ1) is 12.3. The van der Waals surface area contributed by atoms with Crippen molar-refractivity contribution in [1.82, 2.24) is 19.7 Å². The standard InChI is InChI=1S/C10H11ClN6O/c1-6-7(2-3-8(11)14-6)15-9(18)4-17-5-13-10(12)16-17/h2-3,5H,4H2,1H3,(H2,12,16)(H,15,18). The van der Waals surface area contributed by atoms with Crippen LogP contribution in [-0.2, 0) is 11.3 Å². The third kappa shape index (κ3) is 2.95. The number of aryl methyl sites for hydroxylation is 1. The number of hydrogen-bond donors (Lipinski definition) is 2. The van der Waals surface area contributed by atoms with Crippen molar-refractivity contribution in [2.75, 3.05) is 11.1 Å². The molecule has 0 aromatic carbocycles. The van der Waals surface area contributed by atoms with Crippen molar-refractivity contribution >= 4 is 29.1 Å². The van der Waals surface area contributed by atoms with E-state index in [1.807, 2.05) is 0 Å². The molecule has 0 aliphatic heterocycles. The number of hydrogen-bond acceptors (Lipinski definition) is 5. The number of pyridine rings is 1. The molecule has 94 valence electrons. The van der Waals surface area contributed by atoms with Gasteiger partial charge in [-0.25, -0.2) is 14.6 Å². The number of nitrogens with zero attached hydrogens (tertiary/aromatic N) is 4. The number of nitrogens with two attached hydrogens (primary N) is 1. The van der Waals surface area contributed by atoms with Crippen LogP contribution >= 0.6 is 11.6 Å². The van der Waals surface area contributed by atoms with Crippen LogP contribution in [0.25, 0.3) is 0 Å². The summed E-state index contributed by atoms with van der Waals surface area (Å²) in [6.07, 6.45) is 1.39. The highest BCUT2D eigenvalue weighted by Gasteiger charge is 2.07. The fourth-order valence-corrected chi connectivity index (χ4v) is 1.57. The van der Waals surface area contributed by atoms with E-state index in [0.29, 0.717) is 16.5 Å². The number of amides is 1. The van der Waals surface area contributed by atoms with Gasteiger partial charge in [-0.3, -0.25) is 4.79 Å². The molecule has 0 fully saturated rings. The number of nitrogens with one attached hydrogen (secondary N) is 1. The van der Waals surface area contributed by atoms with E-state index in [9.17, 15) is 4.79 Å². The fourth-order valence-electron chi connectivity index (χ4n) is 1.38. The molecule has 1 amide bonds. The van der Waals surface area contributed by atoms with Crippen molar-refractivity contribution in [3.8, 4) is 0 Å². The lowest BCUT2D eigenvalue weighted by Crippen LogP contribution is -2.19. The highest BCUT2D eigenvalue weighted by molar-refractivity contribution is 6.29. The lowest BCUT2D eigenvalue weighted by atomic mass is 10.3. The number of nitrogen functional groups attached to an aromatic ring is 1. The third-order valence-electron chi connectivity index (χ3n) is 2.19. The van der Waals surface area contributed by atoms with Gasteiger partial charge in [-0.2, -0.15) is 0 Å². The second-order valence-electron chi connectivity index (χ2n) is 3.62. The van der Waals surface area contributed by atoms with Crippen molar-refractivity contribution < 1.29 is 4.79 Å². The predicted molar refractivity (Wildman–Crippen MR) is 67.0 cm³/mol. The highest BCUT2D eigenvalue weighted by Crippen LogP contribution is 2.15. The molecular weight excluding hydrogens is 256 g/mol. The summed E-state index contributed by atoms with van der Waals surface area (Å²) in [5.74, 6) is -0.112. The number of halogens is 1. The molecule has 0 unspecified atom stereocenters. The second kappa shape index (κ2) is 5.01. The zero-order valence-electron chi connectivity index (χ0n) is 9.59. The summed E-state index contributed by atoms with van der Waals surface area (Å²) in [4.78, 5) is 19.5. The minimum atomic E-state index is -0.243. The van der Waals surface area contributed by atoms with Gasteiger partial charge in [0.25, 0.3) is 0 Å². The molecular formula is C10H11ClN6O. The van der Waals surface area contributed by atoms with E-state index >= 15 is 0 Å². The van der Waals surface area contributed by atoms with Crippen molar-refractivity contribution in [2.45, 2.75) is 13.5 Å². The summed E-state index contributed by atoms with van der Waals surface area (Å²) in [7, 11) is 0. The van der Waals surface area contributed by atoms with E-state index in [2.05, 4.69) is 20.4 Å². The van der Waals surface area contributed by atoms with Gasteiger partial charge in [0, 0.05) is 0 Å². The normalized spacial score (nSPS) is 10.3. The molecule has 8 heteroatoms. The monoisotopic (exact) mass is 266 g/mol. The van der Waals surface area contributed by atoms with E-state index in [1.54, 1.807) is 19.1 Å². The van der Waals surface area contributed by atoms with Gasteiger partial charge in [0.2, 0.25) is 11.9 Å². The number of aromatic nitrogens is 4. The first-order chi connectivity index (χ1) is 8.54. The number of carbonyl (C=O) groups is 1. The molecule has 0 saturated heterocycles. The summed E-state index contributed by atoms with van der Waals surface area (Å²) in [6.45, 7) is 1.79. The second-order valence-corrected chi connectivity index (χ2v) is 4.00. The maximum Gasteiger partial charge on any atom is 0.246 e. The molecule has 0 atom stereocenters. The van der Waals surface area contributed by atoms with Crippen molar-refractivity contribution in [1.29, 1.82) is 0 Å². The van der Waals surface area contributed by atoms with E-state index in [-0.39, 0.29) is 18.4 Å². The Balaban J connectivity index is 2.03. The largest absolute Gasteiger partial charge is 0.367 e. The average molecular weight is 267 g/mol. The molecule has 3 N–H and O–H groups in total. The van der Waals surface area contributed by atoms with Gasteiger partial charge in [-0.1, -0.05) is 11.6 Å². The zero-order valence-corrected chi connectivity index (χ0v) is 10.3. The molecule has 0 spiro atoms. The molecule has 7 nitrogen and oxygen atoms in total. The van der Waals surface area contributed by atoms with Crippen molar-refractivity contribution in [3.63, 3.8) is 0 Å². The van der Waals surface area contributed by atoms with Gasteiger partial charge >= 0.3 is 0 Å². The number of rotatable bonds is 3. The van der Waals surface area contributed by atoms with Crippen LogP contribution in [0.5, 0.6) is 0 Å². The van der Waals surface area contributed by atoms with E-state index in [1.165, 1.54) is 11.0 Å². The Hall–Kier alpha value is -2.15. The Morgan fingerprint density at radius 3 is 2.94 bits per heavy atom. The smallest absolute Gasteiger partial charge is 0.246 e. The van der Waals surface area contributed by atoms with Crippen LogP contribution in [-0.4, -0.2) is 25.7 Å². The van der Waals surface area contributed by atoms with Gasteiger partial charge in [-0.15, -0.1) is 5.10 Å². The molecule has 2 rings (SSSR count). The lowest BCUT2D eigenvalue weighted by molar-refractivity contribution is -0.116. The zero-order chi connectivity index (χ0) is 13.1. The molecule has 0 aliphatic rings. The van der Waals surface area contributed by atoms with Crippen LogP contribution in [0.3, 0.4) is 0 Å². The summed E-state index contributed by atoms with van der Waals surface area (Å²) in [5.41, 5.74) is 6.60. The minimum Gasteiger partial charge on any atom is -0.367 e. The topological polar surface area (TPSA) is 98.7 Å². The molecule has 18 heavy (non-hydrogen) atoms. The molecule has 0 aliphatic carbocycles. The van der Waals surface area contributed by atoms with Gasteiger partial charge in [0.05, 0.1) is 11.4 Å². The maximum atomic E-state index is 11.7. The van der Waals surface area contributed by atoms with Crippen LogP contribution in [0.4, 0.5) is 11.6 Å². The molecule has 0 radical (unpaired) electrons. The average Bonchev–Trinajstić information content (AvgIpc) is 2.68. The van der Waals surface area contributed by atoms with E-state index < -0.39 is 0 Å². The molecule has 2 aromatic rings. The van der Waals surface area contributed by atoms with Gasteiger partial charge in [0.15, 0.2) is 0 Å². The van der Waals surface area contributed by atoms with E-state index in [0.717, 1.165) is 0 Å². The Bertz CT molecular complexity index is 581. The van der Waals surface area contributed by atoms with Crippen molar-refractivity contribution in [3.05, 3.63) is 29.3 Å². The van der Waals surface area contributed by atoms with Crippen molar-refractivity contribution in [2.24, 2.45) is 0 Å². The third-order valence-corrected chi connectivity index (χ3v) is 2.40. The first-order valence-corrected chi connectivity index (χ1v) is 5.50. The van der Waals surface area contributed by atoms with Gasteiger partial charge in [-0.05, 0) is 19.1 Å². The van der Waals surface area contributed by atoms with E-state index in [4.69, 9.17) is 17.3 Å². The maximum absolute atomic E-state index is 11.7. The fraction of sp³-hybridized carbons (Fsp3) is 0.200. The Morgan fingerprint density at radius 2 is 2.33 bits per heavy atom. The predicted octanol–water partition coefficient (Wildman–Crippen LogP) is 0.856. The van der Waals surface area contributed by atoms with Crippen LogP contribution < -0.4 is 11.1 Å². The highest BCUT2D eigenvalue weighted by atomic mass is 35.5. The molecule has 2 heterocycles. The molecule has 2 aromatic heterocycles. The molecule has 0 saturated carbocycles. The summed E-state index contributed by atoms with van der Waals surface area (Å²) < 4.78 is 1.35. The Kier molecular flexibility index (Phi) is 3.42. The minimum absolute atomic E-state index is 0.0340. The summed E-state index contributed by atoms with van der Waals surface area (Å²) >= 11 is 5.73. The number of anilines is 2. The summed E-state index contributed by atoms with van der Waals surface area (Å²) in [5, 5.41) is 6.90. The Labute approximate surface area is 108 Å². The van der Waals surface area contributed by atoms with Crippen LogP contribution in [0.15, 0.2) is 18.5 Å². The lowest BCUT2D eigenvalue weighted by Gasteiger charge is -2.07. The quantitative estimate of drug-likeness (QED) is 0.803. The number of carbonyl (C=O) groups excluding carboxylic acids is 1. The Morgan fingerprint density at radius 1 is 1.56 bits per heavy atom. The van der Waals surface area contributed by atoms with Crippen LogP contribution in [0, 0.1) is 6.92 Å².